The smallest absolute Gasteiger partial charge is 0.256 e. The molecule has 28 heavy (non-hydrogen) atoms. The molecule has 1 N–H and O–H groups in total. The Bertz CT molecular complexity index is 1400. The summed E-state index contributed by atoms with van der Waals surface area (Å²) in [4.78, 5) is 13.0. The van der Waals surface area contributed by atoms with Crippen molar-refractivity contribution in [1.82, 2.24) is 0 Å². The number of fused-ring (bicyclic) bond motifs is 3. The molecule has 0 atom stereocenters. The quantitative estimate of drug-likeness (QED) is 0.412. The van der Waals surface area contributed by atoms with E-state index in [0.717, 1.165) is 45.9 Å². The summed E-state index contributed by atoms with van der Waals surface area (Å²) in [6, 6.07) is 24.1. The average molecular weight is 363 g/mol. The molecule has 4 aromatic carbocycles. The molecule has 3 nitrogen and oxygen atoms in total. The van der Waals surface area contributed by atoms with Gasteiger partial charge in [0.25, 0.3) is 5.91 Å². The van der Waals surface area contributed by atoms with Crippen LogP contribution in [0.4, 0.5) is 5.69 Å². The highest BCUT2D eigenvalue weighted by Crippen LogP contribution is 2.34. The number of amides is 1. The van der Waals surface area contributed by atoms with Crippen LogP contribution < -0.4 is 5.32 Å². The predicted octanol–water partition coefficient (Wildman–Crippen LogP) is 6.09. The van der Waals surface area contributed by atoms with Gasteiger partial charge in [-0.1, -0.05) is 42.5 Å². The Kier molecular flexibility index (Phi) is 3.15. The van der Waals surface area contributed by atoms with Gasteiger partial charge >= 0.3 is 0 Å². The number of rotatable bonds is 2. The van der Waals surface area contributed by atoms with E-state index in [1.165, 1.54) is 16.5 Å². The van der Waals surface area contributed by atoms with Crippen molar-refractivity contribution in [2.75, 3.05) is 5.32 Å². The molecular weight excluding hydrogens is 346 g/mol. The minimum absolute atomic E-state index is 0.0916. The maximum atomic E-state index is 13.0. The molecule has 1 aliphatic carbocycles. The summed E-state index contributed by atoms with van der Waals surface area (Å²) in [5.74, 6) is -0.0916. The zero-order chi connectivity index (χ0) is 18.7. The highest BCUT2D eigenvalue weighted by atomic mass is 16.3. The molecule has 1 amide bonds. The van der Waals surface area contributed by atoms with Crippen LogP contribution in [0.25, 0.3) is 32.7 Å². The van der Waals surface area contributed by atoms with E-state index in [1.807, 2.05) is 60.7 Å². The van der Waals surface area contributed by atoms with Crippen molar-refractivity contribution >= 4 is 44.3 Å². The van der Waals surface area contributed by atoms with Crippen LogP contribution in [0, 0.1) is 0 Å². The molecule has 0 saturated heterocycles. The van der Waals surface area contributed by atoms with Gasteiger partial charge < -0.3 is 9.73 Å². The minimum Gasteiger partial charge on any atom is -0.456 e. The summed E-state index contributed by atoms with van der Waals surface area (Å²) in [5, 5.41) is 7.48. The monoisotopic (exact) mass is 363 g/mol. The highest BCUT2D eigenvalue weighted by molar-refractivity contribution is 6.15. The van der Waals surface area contributed by atoms with Gasteiger partial charge in [0.05, 0.1) is 0 Å². The van der Waals surface area contributed by atoms with E-state index in [-0.39, 0.29) is 5.91 Å². The van der Waals surface area contributed by atoms with Gasteiger partial charge in [-0.25, -0.2) is 0 Å². The largest absolute Gasteiger partial charge is 0.456 e. The normalized spacial score (nSPS) is 12.9. The number of carbonyl (C=O) groups is 1. The lowest BCUT2D eigenvalue weighted by molar-refractivity contribution is 0.102. The fourth-order valence-electron chi connectivity index (χ4n) is 4.45. The molecule has 0 spiro atoms. The third-order valence-corrected chi connectivity index (χ3v) is 5.76. The number of benzene rings is 4. The molecule has 0 saturated carbocycles. The van der Waals surface area contributed by atoms with E-state index in [4.69, 9.17) is 4.42 Å². The number of furan rings is 1. The molecule has 1 aromatic heterocycles. The lowest BCUT2D eigenvalue weighted by Gasteiger charge is -2.10. The van der Waals surface area contributed by atoms with Gasteiger partial charge in [0.1, 0.15) is 11.2 Å². The van der Waals surface area contributed by atoms with Crippen molar-refractivity contribution in [3.8, 4) is 0 Å². The van der Waals surface area contributed by atoms with Crippen LogP contribution in [-0.4, -0.2) is 5.91 Å². The maximum Gasteiger partial charge on any atom is 0.256 e. The molecule has 3 heteroatoms. The number of anilines is 1. The first-order valence-electron chi connectivity index (χ1n) is 9.54. The van der Waals surface area contributed by atoms with Crippen LogP contribution in [0.5, 0.6) is 0 Å². The first kappa shape index (κ1) is 15.5. The lowest BCUT2D eigenvalue weighted by atomic mass is 9.99. The van der Waals surface area contributed by atoms with Crippen molar-refractivity contribution in [2.24, 2.45) is 0 Å². The van der Waals surface area contributed by atoms with E-state index in [2.05, 4.69) is 17.4 Å². The van der Waals surface area contributed by atoms with Crippen molar-refractivity contribution in [1.29, 1.82) is 0 Å². The van der Waals surface area contributed by atoms with Crippen LogP contribution in [-0.2, 0) is 12.8 Å². The highest BCUT2D eigenvalue weighted by Gasteiger charge is 2.19. The standard InChI is InChI=1S/C25H17NO2/c27-25(21-12-10-16-9-8-15-4-3-6-20(21)24(15)16)26-17-11-13-19-18-5-1-2-7-22(18)28-23(19)14-17/h1-7,10-14H,8-9H2,(H,26,27). The fourth-order valence-corrected chi connectivity index (χ4v) is 4.45. The molecule has 0 aliphatic heterocycles. The fraction of sp³-hybridized carbons (Fsp3) is 0.0800. The molecule has 0 radical (unpaired) electrons. The summed E-state index contributed by atoms with van der Waals surface area (Å²) in [6.45, 7) is 0. The van der Waals surface area contributed by atoms with Crippen molar-refractivity contribution in [3.05, 3.63) is 89.5 Å². The second-order valence-corrected chi connectivity index (χ2v) is 7.38. The summed E-state index contributed by atoms with van der Waals surface area (Å²) in [5.41, 5.74) is 5.76. The van der Waals surface area contributed by atoms with Crippen LogP contribution in [0.1, 0.15) is 21.5 Å². The number of hydrogen-bond acceptors (Lipinski definition) is 2. The molecule has 6 rings (SSSR count). The van der Waals surface area contributed by atoms with Crippen molar-refractivity contribution in [2.45, 2.75) is 12.8 Å². The molecule has 1 heterocycles. The van der Waals surface area contributed by atoms with Crippen molar-refractivity contribution in [3.63, 3.8) is 0 Å². The Labute approximate surface area is 161 Å². The van der Waals surface area contributed by atoms with Crippen molar-refractivity contribution < 1.29 is 9.21 Å². The number of hydrogen-bond donors (Lipinski definition) is 1. The summed E-state index contributed by atoms with van der Waals surface area (Å²) in [7, 11) is 0. The molecule has 0 fully saturated rings. The van der Waals surface area contributed by atoms with Crippen LogP contribution in [0.3, 0.4) is 0 Å². The first-order chi connectivity index (χ1) is 13.8. The van der Waals surface area contributed by atoms with Gasteiger partial charge in [-0.3, -0.25) is 4.79 Å². The second-order valence-electron chi connectivity index (χ2n) is 7.38. The van der Waals surface area contributed by atoms with E-state index in [1.54, 1.807) is 0 Å². The Hall–Kier alpha value is -3.59. The Morgan fingerprint density at radius 3 is 2.46 bits per heavy atom. The maximum absolute atomic E-state index is 13.0. The average Bonchev–Trinajstić information content (AvgIpc) is 3.30. The molecule has 0 unspecified atom stereocenters. The molecule has 5 aromatic rings. The molecular formula is C25H17NO2. The number of aryl methyl sites for hydroxylation is 2. The first-order valence-corrected chi connectivity index (χ1v) is 9.54. The molecule has 0 bridgehead atoms. The van der Waals surface area contributed by atoms with Gasteiger partial charge in [-0.05, 0) is 59.0 Å². The van der Waals surface area contributed by atoms with Gasteiger partial charge in [0.2, 0.25) is 0 Å². The second kappa shape index (κ2) is 5.70. The van der Waals surface area contributed by atoms with E-state index < -0.39 is 0 Å². The van der Waals surface area contributed by atoms with Gasteiger partial charge in [-0.15, -0.1) is 0 Å². The predicted molar refractivity (Wildman–Crippen MR) is 113 cm³/mol. The zero-order valence-corrected chi connectivity index (χ0v) is 15.2. The van der Waals surface area contributed by atoms with Crippen LogP contribution in [0.15, 0.2) is 77.2 Å². The van der Waals surface area contributed by atoms with Crippen LogP contribution in [0.2, 0.25) is 0 Å². The minimum atomic E-state index is -0.0916. The van der Waals surface area contributed by atoms with Crippen LogP contribution >= 0.6 is 0 Å². The van der Waals surface area contributed by atoms with E-state index >= 15 is 0 Å². The molecule has 1 aliphatic rings. The van der Waals surface area contributed by atoms with E-state index in [9.17, 15) is 4.79 Å². The molecule has 134 valence electrons. The summed E-state index contributed by atoms with van der Waals surface area (Å²) < 4.78 is 5.94. The third-order valence-electron chi connectivity index (χ3n) is 5.76. The van der Waals surface area contributed by atoms with Gasteiger partial charge in [0.15, 0.2) is 0 Å². The van der Waals surface area contributed by atoms with E-state index in [0.29, 0.717) is 5.56 Å². The topological polar surface area (TPSA) is 42.2 Å². The Morgan fingerprint density at radius 2 is 1.54 bits per heavy atom. The number of carbonyl (C=O) groups excluding carboxylic acids is 1. The SMILES string of the molecule is O=C(Nc1ccc2c(c1)oc1ccccc12)c1ccc2c3c(cccc13)CC2. The van der Waals surface area contributed by atoms with Gasteiger partial charge in [-0.2, -0.15) is 0 Å². The zero-order valence-electron chi connectivity index (χ0n) is 15.2. The lowest BCUT2D eigenvalue weighted by Crippen LogP contribution is -2.12. The number of nitrogens with one attached hydrogen (secondary N) is 1. The number of para-hydroxylation sites is 1. The summed E-state index contributed by atoms with van der Waals surface area (Å²) in [6.07, 6.45) is 2.11. The summed E-state index contributed by atoms with van der Waals surface area (Å²) >= 11 is 0. The van der Waals surface area contributed by atoms with Gasteiger partial charge in [0, 0.05) is 28.1 Å². The third kappa shape index (κ3) is 2.20. The Balaban J connectivity index is 1.41. The Morgan fingerprint density at radius 1 is 0.750 bits per heavy atom.